The fraction of sp³-hybridized carbons (Fsp3) is 0.588. The Morgan fingerprint density at radius 1 is 1.25 bits per heavy atom. The van der Waals surface area contributed by atoms with Crippen LogP contribution in [0.25, 0.3) is 0 Å². The van der Waals surface area contributed by atoms with Crippen LogP contribution < -0.4 is 10.6 Å². The molecule has 2 N–H and O–H groups in total. The van der Waals surface area contributed by atoms with Crippen molar-refractivity contribution in [2.24, 2.45) is 5.73 Å². The molecule has 0 radical (unpaired) electrons. The molecule has 1 aliphatic heterocycles. The molecule has 1 aliphatic carbocycles. The number of ether oxygens (including phenoxy) is 1. The number of anilines is 1. The summed E-state index contributed by atoms with van der Waals surface area (Å²) in [6.45, 7) is 2.95. The lowest BCUT2D eigenvalue weighted by Gasteiger charge is -2.29. The topological polar surface area (TPSA) is 88.8 Å². The van der Waals surface area contributed by atoms with Gasteiger partial charge in [0.15, 0.2) is 0 Å². The molecule has 0 spiro atoms. The Hall–Kier alpha value is -2.15. The molecule has 2 amide bonds. The van der Waals surface area contributed by atoms with Crippen LogP contribution in [0.3, 0.4) is 0 Å². The number of amides is 2. The number of carbonyl (C=O) groups is 2. The molecular formula is C17H24N4O3. The Balaban J connectivity index is 1.72. The number of morpholine rings is 1. The van der Waals surface area contributed by atoms with E-state index in [0.29, 0.717) is 18.8 Å². The number of aromatic nitrogens is 1. The van der Waals surface area contributed by atoms with Crippen LogP contribution >= 0.6 is 0 Å². The predicted octanol–water partition coefficient (Wildman–Crippen LogP) is 0.788. The highest BCUT2D eigenvalue weighted by Gasteiger charge is 2.28. The summed E-state index contributed by atoms with van der Waals surface area (Å²) in [5.41, 5.74) is 5.83. The second kappa shape index (κ2) is 7.61. The van der Waals surface area contributed by atoms with E-state index >= 15 is 0 Å². The van der Waals surface area contributed by atoms with E-state index in [4.69, 9.17) is 10.5 Å². The highest BCUT2D eigenvalue weighted by Crippen LogP contribution is 2.25. The first-order valence-electron chi connectivity index (χ1n) is 8.53. The number of hydrogen-bond donors (Lipinski definition) is 1. The van der Waals surface area contributed by atoms with Gasteiger partial charge in [0.25, 0.3) is 5.91 Å². The van der Waals surface area contributed by atoms with Crippen LogP contribution in [0.5, 0.6) is 0 Å². The molecule has 7 nitrogen and oxygen atoms in total. The van der Waals surface area contributed by atoms with Crippen LogP contribution in [-0.2, 0) is 9.53 Å². The molecule has 130 valence electrons. The van der Waals surface area contributed by atoms with Gasteiger partial charge in [0.05, 0.1) is 25.3 Å². The van der Waals surface area contributed by atoms with Crippen LogP contribution in [-0.4, -0.2) is 60.6 Å². The van der Waals surface area contributed by atoms with Crippen LogP contribution in [0.4, 0.5) is 5.82 Å². The van der Waals surface area contributed by atoms with Gasteiger partial charge < -0.3 is 20.3 Å². The lowest BCUT2D eigenvalue weighted by atomic mass is 10.1. The van der Waals surface area contributed by atoms with Gasteiger partial charge in [-0.15, -0.1) is 0 Å². The van der Waals surface area contributed by atoms with Gasteiger partial charge in [-0.2, -0.15) is 0 Å². The van der Waals surface area contributed by atoms with Crippen molar-refractivity contribution in [2.75, 3.05) is 37.7 Å². The van der Waals surface area contributed by atoms with Gasteiger partial charge in [0, 0.05) is 25.3 Å². The number of pyridine rings is 1. The van der Waals surface area contributed by atoms with E-state index in [1.165, 1.54) is 0 Å². The number of nitrogens with zero attached hydrogens (tertiary/aromatic N) is 3. The zero-order chi connectivity index (χ0) is 16.9. The predicted molar refractivity (Wildman–Crippen MR) is 89.8 cm³/mol. The molecule has 1 aromatic heterocycles. The van der Waals surface area contributed by atoms with Crippen molar-refractivity contribution in [1.82, 2.24) is 9.88 Å². The van der Waals surface area contributed by atoms with Gasteiger partial charge in [-0.25, -0.2) is 4.98 Å². The lowest BCUT2D eigenvalue weighted by molar-refractivity contribution is -0.119. The molecule has 24 heavy (non-hydrogen) atoms. The van der Waals surface area contributed by atoms with Crippen molar-refractivity contribution in [2.45, 2.75) is 31.7 Å². The zero-order valence-corrected chi connectivity index (χ0v) is 13.8. The molecule has 0 unspecified atom stereocenters. The molecule has 0 aromatic carbocycles. The van der Waals surface area contributed by atoms with Crippen LogP contribution in [0, 0.1) is 0 Å². The average molecular weight is 332 g/mol. The Bertz CT molecular complexity index is 578. The van der Waals surface area contributed by atoms with Crippen LogP contribution in [0.15, 0.2) is 18.3 Å². The summed E-state index contributed by atoms with van der Waals surface area (Å²) >= 11 is 0. The first kappa shape index (κ1) is 16.7. The monoisotopic (exact) mass is 332 g/mol. The Morgan fingerprint density at radius 2 is 1.96 bits per heavy atom. The van der Waals surface area contributed by atoms with Crippen LogP contribution in [0.1, 0.15) is 36.0 Å². The van der Waals surface area contributed by atoms with E-state index in [0.717, 1.165) is 44.6 Å². The molecule has 2 aliphatic rings. The highest BCUT2D eigenvalue weighted by atomic mass is 16.5. The third-order valence-electron chi connectivity index (χ3n) is 4.68. The second-order valence-electron chi connectivity index (χ2n) is 6.34. The average Bonchev–Trinajstić information content (AvgIpc) is 3.14. The minimum absolute atomic E-state index is 0.0330. The maximum Gasteiger partial charge on any atom is 0.256 e. The molecule has 1 saturated heterocycles. The first-order chi connectivity index (χ1) is 11.6. The van der Waals surface area contributed by atoms with Crippen molar-refractivity contribution in [1.29, 1.82) is 0 Å². The van der Waals surface area contributed by atoms with Gasteiger partial charge in [0.2, 0.25) is 5.91 Å². The van der Waals surface area contributed by atoms with E-state index in [1.54, 1.807) is 17.2 Å². The maximum atomic E-state index is 12.8. The van der Waals surface area contributed by atoms with Crippen molar-refractivity contribution < 1.29 is 14.3 Å². The summed E-state index contributed by atoms with van der Waals surface area (Å²) in [7, 11) is 0. The van der Waals surface area contributed by atoms with E-state index in [2.05, 4.69) is 9.88 Å². The Kier molecular flexibility index (Phi) is 5.30. The normalized spacial score (nSPS) is 18.6. The van der Waals surface area contributed by atoms with Gasteiger partial charge in [-0.3, -0.25) is 9.59 Å². The second-order valence-corrected chi connectivity index (χ2v) is 6.34. The molecule has 1 saturated carbocycles. The zero-order valence-electron chi connectivity index (χ0n) is 13.8. The fourth-order valence-electron chi connectivity index (χ4n) is 3.41. The molecule has 0 atom stereocenters. The Morgan fingerprint density at radius 3 is 2.54 bits per heavy atom. The molecule has 7 heteroatoms. The van der Waals surface area contributed by atoms with Crippen molar-refractivity contribution >= 4 is 17.6 Å². The largest absolute Gasteiger partial charge is 0.378 e. The van der Waals surface area contributed by atoms with Crippen molar-refractivity contribution in [3.8, 4) is 0 Å². The molecule has 2 fully saturated rings. The summed E-state index contributed by atoms with van der Waals surface area (Å²) in [4.78, 5) is 32.3. The third kappa shape index (κ3) is 3.84. The van der Waals surface area contributed by atoms with Gasteiger partial charge in [-0.1, -0.05) is 12.8 Å². The molecule has 2 heterocycles. The minimum Gasteiger partial charge on any atom is -0.378 e. The van der Waals surface area contributed by atoms with Gasteiger partial charge in [0.1, 0.15) is 5.82 Å². The number of rotatable bonds is 5. The number of hydrogen-bond acceptors (Lipinski definition) is 5. The quantitative estimate of drug-likeness (QED) is 0.861. The summed E-state index contributed by atoms with van der Waals surface area (Å²) in [6, 6.07) is 3.74. The van der Waals surface area contributed by atoms with E-state index in [-0.39, 0.29) is 18.5 Å². The molecule has 1 aromatic rings. The van der Waals surface area contributed by atoms with E-state index in [9.17, 15) is 9.59 Å². The van der Waals surface area contributed by atoms with Crippen molar-refractivity contribution in [3.63, 3.8) is 0 Å². The summed E-state index contributed by atoms with van der Waals surface area (Å²) in [5.74, 6) is 0.201. The summed E-state index contributed by atoms with van der Waals surface area (Å²) < 4.78 is 5.33. The van der Waals surface area contributed by atoms with Gasteiger partial charge in [-0.05, 0) is 25.0 Å². The standard InChI is InChI=1S/C17H24N4O3/c18-15(22)12-21(14-3-1-2-4-14)17(23)13-5-6-16(19-11-13)20-7-9-24-10-8-20/h5-6,11,14H,1-4,7-10,12H2,(H2,18,22). The van der Waals surface area contributed by atoms with E-state index in [1.807, 2.05) is 6.07 Å². The number of nitrogens with two attached hydrogens (primary N) is 1. The SMILES string of the molecule is NC(=O)CN(C(=O)c1ccc(N2CCOCC2)nc1)C1CCCC1. The molecule has 3 rings (SSSR count). The Labute approximate surface area is 141 Å². The number of carbonyl (C=O) groups excluding carboxylic acids is 2. The molecule has 0 bridgehead atoms. The van der Waals surface area contributed by atoms with E-state index < -0.39 is 5.91 Å². The lowest BCUT2D eigenvalue weighted by Crippen LogP contribution is -2.44. The fourth-order valence-corrected chi connectivity index (χ4v) is 3.41. The third-order valence-corrected chi connectivity index (χ3v) is 4.68. The van der Waals surface area contributed by atoms with Gasteiger partial charge >= 0.3 is 0 Å². The highest BCUT2D eigenvalue weighted by molar-refractivity contribution is 5.96. The summed E-state index contributed by atoms with van der Waals surface area (Å²) in [5, 5.41) is 0. The van der Waals surface area contributed by atoms with Crippen molar-refractivity contribution in [3.05, 3.63) is 23.9 Å². The van der Waals surface area contributed by atoms with Crippen LogP contribution in [0.2, 0.25) is 0 Å². The first-order valence-corrected chi connectivity index (χ1v) is 8.53. The molecular weight excluding hydrogens is 308 g/mol. The minimum atomic E-state index is -0.479. The maximum absolute atomic E-state index is 12.8. The smallest absolute Gasteiger partial charge is 0.256 e. The number of primary amides is 1. The summed E-state index contributed by atoms with van der Waals surface area (Å²) in [6.07, 6.45) is 5.62.